The third-order valence-electron chi connectivity index (χ3n) is 3.38. The highest BCUT2D eigenvalue weighted by Gasteiger charge is 2.20. The maximum absolute atomic E-state index is 8.89. The van der Waals surface area contributed by atoms with Crippen molar-refractivity contribution in [1.29, 1.82) is 5.26 Å². The molecule has 0 radical (unpaired) electrons. The van der Waals surface area contributed by atoms with Gasteiger partial charge in [-0.15, -0.1) is 0 Å². The number of nitrogens with one attached hydrogen (secondary N) is 1. The minimum atomic E-state index is 0.277. The van der Waals surface area contributed by atoms with Crippen LogP contribution in [-0.4, -0.2) is 24.2 Å². The summed E-state index contributed by atoms with van der Waals surface area (Å²) in [6, 6.07) is 5.83. The average Bonchev–Trinajstić information content (AvgIpc) is 2.42. The van der Waals surface area contributed by atoms with E-state index < -0.39 is 0 Å². The monoisotopic (exact) mass is 246 g/mol. The fourth-order valence-electron chi connectivity index (χ4n) is 2.21. The molecule has 5 nitrogen and oxygen atoms in total. The highest BCUT2D eigenvalue weighted by Crippen LogP contribution is 2.22. The van der Waals surface area contributed by atoms with Crippen LogP contribution in [0.5, 0.6) is 0 Å². The number of nitriles is 1. The summed E-state index contributed by atoms with van der Waals surface area (Å²) in [5.74, 6) is 1.29. The first-order chi connectivity index (χ1) is 8.70. The van der Waals surface area contributed by atoms with Crippen molar-refractivity contribution < 1.29 is 4.74 Å². The van der Waals surface area contributed by atoms with Crippen molar-refractivity contribution in [3.05, 3.63) is 17.8 Å². The fourth-order valence-corrected chi connectivity index (χ4v) is 2.21. The van der Waals surface area contributed by atoms with Gasteiger partial charge in [-0.05, 0) is 37.8 Å². The van der Waals surface area contributed by atoms with Crippen molar-refractivity contribution in [2.45, 2.75) is 25.8 Å². The van der Waals surface area contributed by atoms with Crippen LogP contribution in [0.15, 0.2) is 12.1 Å². The quantitative estimate of drug-likeness (QED) is 0.849. The maximum Gasteiger partial charge on any atom is 0.165 e. The Hall–Kier alpha value is -1.80. The second kappa shape index (κ2) is 5.69. The third-order valence-corrected chi connectivity index (χ3v) is 3.38. The van der Waals surface area contributed by atoms with Gasteiger partial charge in [-0.1, -0.05) is 0 Å². The van der Waals surface area contributed by atoms with Gasteiger partial charge in [0.05, 0.1) is 5.69 Å². The first kappa shape index (κ1) is 12.7. The highest BCUT2D eigenvalue weighted by atomic mass is 16.5. The van der Waals surface area contributed by atoms with Gasteiger partial charge < -0.3 is 15.8 Å². The molecule has 1 unspecified atom stereocenters. The molecule has 2 rings (SSSR count). The lowest BCUT2D eigenvalue weighted by atomic mass is 9.93. The fraction of sp³-hybridized carbons (Fsp3) is 0.538. The van der Waals surface area contributed by atoms with Gasteiger partial charge in [0, 0.05) is 19.3 Å². The lowest BCUT2D eigenvalue weighted by molar-refractivity contribution is 0.0622. The topological polar surface area (TPSA) is 84.0 Å². The number of anilines is 2. The molecular weight excluding hydrogens is 228 g/mol. The van der Waals surface area contributed by atoms with Gasteiger partial charge in [0.25, 0.3) is 0 Å². The second-order valence-corrected chi connectivity index (χ2v) is 4.63. The van der Waals surface area contributed by atoms with Gasteiger partial charge in [0.1, 0.15) is 11.9 Å². The second-order valence-electron chi connectivity index (χ2n) is 4.63. The molecule has 0 aromatic carbocycles. The van der Waals surface area contributed by atoms with Gasteiger partial charge in [0.2, 0.25) is 0 Å². The normalized spacial score (nSPS) is 18.0. The Morgan fingerprint density at radius 2 is 2.22 bits per heavy atom. The molecule has 0 saturated carbocycles. The standard InChI is InChI=1S/C13H18N4O/c1-9(10-4-6-18-7-5-10)16-13-3-2-11(15)12(8-14)17-13/h2-3,9-10H,4-7,15H2,1H3,(H,16,17). The van der Waals surface area contributed by atoms with E-state index in [1.54, 1.807) is 6.07 Å². The van der Waals surface area contributed by atoms with Crippen LogP contribution < -0.4 is 11.1 Å². The smallest absolute Gasteiger partial charge is 0.165 e. The van der Waals surface area contributed by atoms with Crippen molar-refractivity contribution in [2.24, 2.45) is 5.92 Å². The maximum atomic E-state index is 8.89. The SMILES string of the molecule is CC(Nc1ccc(N)c(C#N)n1)C1CCOCC1. The van der Waals surface area contributed by atoms with E-state index in [0.29, 0.717) is 23.5 Å². The van der Waals surface area contributed by atoms with Crippen LogP contribution in [0.1, 0.15) is 25.5 Å². The van der Waals surface area contributed by atoms with E-state index in [4.69, 9.17) is 15.7 Å². The minimum Gasteiger partial charge on any atom is -0.396 e. The molecule has 1 aromatic heterocycles. The zero-order valence-corrected chi connectivity index (χ0v) is 10.5. The molecule has 96 valence electrons. The van der Waals surface area contributed by atoms with E-state index in [0.717, 1.165) is 26.1 Å². The number of hydrogen-bond donors (Lipinski definition) is 2. The van der Waals surface area contributed by atoms with Crippen LogP contribution in [0.3, 0.4) is 0 Å². The molecule has 1 atom stereocenters. The highest BCUT2D eigenvalue weighted by molar-refractivity contribution is 5.54. The molecule has 5 heteroatoms. The van der Waals surface area contributed by atoms with E-state index >= 15 is 0 Å². The molecule has 1 saturated heterocycles. The number of nitrogen functional groups attached to an aromatic ring is 1. The van der Waals surface area contributed by atoms with Gasteiger partial charge in [-0.3, -0.25) is 0 Å². The Labute approximate surface area is 107 Å². The van der Waals surface area contributed by atoms with Gasteiger partial charge in [-0.25, -0.2) is 4.98 Å². The Balaban J connectivity index is 2.02. The molecule has 1 aliphatic heterocycles. The third kappa shape index (κ3) is 2.90. The van der Waals surface area contributed by atoms with Crippen LogP contribution in [-0.2, 0) is 4.74 Å². The first-order valence-electron chi connectivity index (χ1n) is 6.21. The number of aromatic nitrogens is 1. The van der Waals surface area contributed by atoms with E-state index in [1.807, 2.05) is 12.1 Å². The summed E-state index contributed by atoms with van der Waals surface area (Å²) in [6.07, 6.45) is 2.13. The first-order valence-corrected chi connectivity index (χ1v) is 6.21. The van der Waals surface area contributed by atoms with Gasteiger partial charge in [-0.2, -0.15) is 5.26 Å². The number of nitrogens with zero attached hydrogens (tertiary/aromatic N) is 2. The Morgan fingerprint density at radius 1 is 1.50 bits per heavy atom. The Bertz CT molecular complexity index is 449. The molecule has 1 fully saturated rings. The van der Waals surface area contributed by atoms with Crippen molar-refractivity contribution in [3.63, 3.8) is 0 Å². The zero-order chi connectivity index (χ0) is 13.0. The number of hydrogen-bond acceptors (Lipinski definition) is 5. The summed E-state index contributed by atoms with van der Waals surface area (Å²) in [5.41, 5.74) is 6.34. The number of nitrogens with two attached hydrogens (primary N) is 1. The van der Waals surface area contributed by atoms with Crippen LogP contribution in [0.2, 0.25) is 0 Å². The van der Waals surface area contributed by atoms with E-state index in [-0.39, 0.29) is 5.69 Å². The summed E-state index contributed by atoms with van der Waals surface area (Å²) in [5, 5.41) is 12.2. The molecule has 0 amide bonds. The van der Waals surface area contributed by atoms with Crippen molar-refractivity contribution in [1.82, 2.24) is 4.98 Å². The van der Waals surface area contributed by atoms with E-state index in [2.05, 4.69) is 17.2 Å². The number of ether oxygens (including phenoxy) is 1. The van der Waals surface area contributed by atoms with Crippen LogP contribution in [0, 0.1) is 17.2 Å². The summed E-state index contributed by atoms with van der Waals surface area (Å²) in [7, 11) is 0. The molecule has 1 aliphatic rings. The molecule has 1 aromatic rings. The lowest BCUT2D eigenvalue weighted by Crippen LogP contribution is -2.31. The number of pyridine rings is 1. The predicted molar refractivity (Wildman–Crippen MR) is 70.0 cm³/mol. The van der Waals surface area contributed by atoms with E-state index in [9.17, 15) is 0 Å². The molecular formula is C13H18N4O. The summed E-state index contributed by atoms with van der Waals surface area (Å²) >= 11 is 0. The summed E-state index contributed by atoms with van der Waals surface area (Å²) in [6.45, 7) is 3.80. The molecule has 2 heterocycles. The van der Waals surface area contributed by atoms with Crippen molar-refractivity contribution >= 4 is 11.5 Å². The van der Waals surface area contributed by atoms with Gasteiger partial charge >= 0.3 is 0 Å². The lowest BCUT2D eigenvalue weighted by Gasteiger charge is -2.28. The van der Waals surface area contributed by atoms with Gasteiger partial charge in [0.15, 0.2) is 5.69 Å². The van der Waals surface area contributed by atoms with Crippen LogP contribution >= 0.6 is 0 Å². The van der Waals surface area contributed by atoms with Crippen molar-refractivity contribution in [2.75, 3.05) is 24.3 Å². The molecule has 0 aliphatic carbocycles. The number of rotatable bonds is 3. The largest absolute Gasteiger partial charge is 0.396 e. The average molecular weight is 246 g/mol. The van der Waals surface area contributed by atoms with Crippen LogP contribution in [0.4, 0.5) is 11.5 Å². The van der Waals surface area contributed by atoms with E-state index in [1.165, 1.54) is 0 Å². The zero-order valence-electron chi connectivity index (χ0n) is 10.5. The van der Waals surface area contributed by atoms with Crippen LogP contribution in [0.25, 0.3) is 0 Å². The molecule has 3 N–H and O–H groups in total. The summed E-state index contributed by atoms with van der Waals surface area (Å²) < 4.78 is 5.35. The molecule has 0 bridgehead atoms. The Morgan fingerprint density at radius 3 is 2.89 bits per heavy atom. The predicted octanol–water partition coefficient (Wildman–Crippen LogP) is 1.76. The van der Waals surface area contributed by atoms with Crippen molar-refractivity contribution in [3.8, 4) is 6.07 Å². The molecule has 0 spiro atoms. The molecule has 18 heavy (non-hydrogen) atoms. The summed E-state index contributed by atoms with van der Waals surface area (Å²) in [4.78, 5) is 4.20. The Kier molecular flexibility index (Phi) is 4.00. The minimum absolute atomic E-state index is 0.277.